The highest BCUT2D eigenvalue weighted by Gasteiger charge is 2.21. The van der Waals surface area contributed by atoms with E-state index in [0.717, 1.165) is 12.8 Å². The maximum atomic E-state index is 9.08. The Bertz CT molecular complexity index is 93.4. The molecule has 2 atom stereocenters. The molecule has 0 unspecified atom stereocenters. The summed E-state index contributed by atoms with van der Waals surface area (Å²) < 4.78 is 5.40. The van der Waals surface area contributed by atoms with E-state index in [2.05, 4.69) is 13.8 Å². The summed E-state index contributed by atoms with van der Waals surface area (Å²) in [5, 5.41) is 9.08. The van der Waals surface area contributed by atoms with Crippen molar-refractivity contribution >= 4 is 0 Å². The van der Waals surface area contributed by atoms with Crippen molar-refractivity contribution in [2.45, 2.75) is 38.9 Å². The molecular weight excluding hydrogens is 128 g/mol. The van der Waals surface area contributed by atoms with Crippen LogP contribution in [0.5, 0.6) is 0 Å². The molecule has 1 aliphatic rings. The van der Waals surface area contributed by atoms with Crippen molar-refractivity contribution in [3.8, 4) is 0 Å². The lowest BCUT2D eigenvalue weighted by Crippen LogP contribution is -2.32. The van der Waals surface area contributed by atoms with E-state index in [4.69, 9.17) is 9.84 Å². The van der Waals surface area contributed by atoms with Gasteiger partial charge in [-0.1, -0.05) is 13.8 Å². The second kappa shape index (κ2) is 3.35. The molecule has 2 heteroatoms. The summed E-state index contributed by atoms with van der Waals surface area (Å²) >= 11 is 0. The van der Waals surface area contributed by atoms with Crippen LogP contribution in [0.2, 0.25) is 0 Å². The molecule has 2 nitrogen and oxygen atoms in total. The van der Waals surface area contributed by atoms with Crippen molar-refractivity contribution in [3.05, 3.63) is 0 Å². The van der Waals surface area contributed by atoms with Crippen LogP contribution in [0, 0.1) is 5.92 Å². The predicted octanol–water partition coefficient (Wildman–Crippen LogP) is 1.18. The lowest BCUT2D eigenvalue weighted by Gasteiger charge is -2.28. The largest absolute Gasteiger partial charge is 0.391 e. The van der Waals surface area contributed by atoms with Gasteiger partial charge in [-0.3, -0.25) is 0 Å². The van der Waals surface area contributed by atoms with Crippen molar-refractivity contribution in [1.82, 2.24) is 0 Å². The van der Waals surface area contributed by atoms with Crippen molar-refractivity contribution in [2.24, 2.45) is 5.92 Å². The van der Waals surface area contributed by atoms with Crippen molar-refractivity contribution < 1.29 is 9.84 Å². The summed E-state index contributed by atoms with van der Waals surface area (Å²) in [7, 11) is 0. The standard InChI is InChI=1S/C8H16O2/c1-6(2)8-4-3-7(9)5-10-8/h6-9H,3-5H2,1-2H3/t7-,8+/m0/s1. The van der Waals surface area contributed by atoms with Gasteiger partial charge in [0.05, 0.1) is 18.8 Å². The predicted molar refractivity (Wildman–Crippen MR) is 39.8 cm³/mol. The Morgan fingerprint density at radius 1 is 1.40 bits per heavy atom. The van der Waals surface area contributed by atoms with Crippen LogP contribution in [0.3, 0.4) is 0 Å². The van der Waals surface area contributed by atoms with Crippen LogP contribution in [0.4, 0.5) is 0 Å². The molecule has 0 spiro atoms. The Morgan fingerprint density at radius 3 is 2.50 bits per heavy atom. The smallest absolute Gasteiger partial charge is 0.0774 e. The zero-order valence-corrected chi connectivity index (χ0v) is 6.71. The summed E-state index contributed by atoms with van der Waals surface area (Å²) in [6, 6.07) is 0. The molecule has 1 saturated heterocycles. The molecule has 0 bridgehead atoms. The van der Waals surface area contributed by atoms with Gasteiger partial charge in [0, 0.05) is 0 Å². The Morgan fingerprint density at radius 2 is 2.10 bits per heavy atom. The molecule has 0 saturated carbocycles. The van der Waals surface area contributed by atoms with E-state index in [1.807, 2.05) is 0 Å². The monoisotopic (exact) mass is 144 g/mol. The maximum absolute atomic E-state index is 9.08. The Labute approximate surface area is 62.2 Å². The van der Waals surface area contributed by atoms with Crippen molar-refractivity contribution in [2.75, 3.05) is 6.61 Å². The van der Waals surface area contributed by atoms with Gasteiger partial charge in [-0.25, -0.2) is 0 Å². The Hall–Kier alpha value is -0.0800. The third kappa shape index (κ3) is 1.96. The van der Waals surface area contributed by atoms with Crippen LogP contribution in [0.15, 0.2) is 0 Å². The van der Waals surface area contributed by atoms with E-state index < -0.39 is 0 Å². The highest BCUT2D eigenvalue weighted by molar-refractivity contribution is 4.71. The minimum Gasteiger partial charge on any atom is -0.391 e. The van der Waals surface area contributed by atoms with Crippen LogP contribution < -0.4 is 0 Å². The molecule has 10 heavy (non-hydrogen) atoms. The summed E-state index contributed by atoms with van der Waals surface area (Å²) in [5.41, 5.74) is 0. The van der Waals surface area contributed by atoms with Crippen molar-refractivity contribution in [3.63, 3.8) is 0 Å². The fourth-order valence-electron chi connectivity index (χ4n) is 1.28. The van der Waals surface area contributed by atoms with Gasteiger partial charge in [-0.15, -0.1) is 0 Å². The van der Waals surface area contributed by atoms with E-state index >= 15 is 0 Å². The SMILES string of the molecule is CC(C)[C@H]1CC[C@H](O)CO1. The summed E-state index contributed by atoms with van der Waals surface area (Å²) in [6.45, 7) is 4.84. The average Bonchev–Trinajstić information content (AvgIpc) is 1.88. The van der Waals surface area contributed by atoms with Crippen LogP contribution in [0.25, 0.3) is 0 Å². The first-order valence-electron chi connectivity index (χ1n) is 4.00. The van der Waals surface area contributed by atoms with E-state index in [-0.39, 0.29) is 6.10 Å². The van der Waals surface area contributed by atoms with Gasteiger partial charge in [0.15, 0.2) is 0 Å². The lowest BCUT2D eigenvalue weighted by molar-refractivity contribution is -0.0725. The van der Waals surface area contributed by atoms with Gasteiger partial charge in [0.1, 0.15) is 0 Å². The molecule has 0 amide bonds. The average molecular weight is 144 g/mol. The van der Waals surface area contributed by atoms with Gasteiger partial charge in [-0.2, -0.15) is 0 Å². The first kappa shape index (κ1) is 8.02. The Kier molecular flexibility index (Phi) is 2.69. The molecule has 0 aromatic heterocycles. The van der Waals surface area contributed by atoms with Crippen LogP contribution in [0.1, 0.15) is 26.7 Å². The van der Waals surface area contributed by atoms with Crippen LogP contribution in [-0.2, 0) is 4.74 Å². The molecule has 1 fully saturated rings. The summed E-state index contributed by atoms with van der Waals surface area (Å²) in [4.78, 5) is 0. The molecule has 0 aromatic carbocycles. The Balaban J connectivity index is 2.26. The van der Waals surface area contributed by atoms with Crippen molar-refractivity contribution in [1.29, 1.82) is 0 Å². The molecule has 1 rings (SSSR count). The van der Waals surface area contributed by atoms with E-state index in [1.165, 1.54) is 0 Å². The minimum absolute atomic E-state index is 0.213. The van der Waals surface area contributed by atoms with Gasteiger partial charge < -0.3 is 9.84 Å². The molecule has 1 heterocycles. The molecule has 1 aliphatic heterocycles. The van der Waals surface area contributed by atoms with Gasteiger partial charge in [0.25, 0.3) is 0 Å². The lowest BCUT2D eigenvalue weighted by atomic mass is 9.98. The fraction of sp³-hybridized carbons (Fsp3) is 1.00. The topological polar surface area (TPSA) is 29.5 Å². The van der Waals surface area contributed by atoms with Gasteiger partial charge in [0.2, 0.25) is 0 Å². The normalized spacial score (nSPS) is 34.8. The van der Waals surface area contributed by atoms with Gasteiger partial charge in [-0.05, 0) is 18.8 Å². The second-order valence-corrected chi connectivity index (χ2v) is 3.35. The van der Waals surface area contributed by atoms with Crippen LogP contribution in [-0.4, -0.2) is 23.9 Å². The number of rotatable bonds is 1. The molecule has 0 radical (unpaired) electrons. The summed E-state index contributed by atoms with van der Waals surface area (Å²) in [5.74, 6) is 0.590. The number of hydrogen-bond donors (Lipinski definition) is 1. The first-order valence-corrected chi connectivity index (χ1v) is 4.00. The quantitative estimate of drug-likeness (QED) is 0.599. The van der Waals surface area contributed by atoms with Crippen LogP contribution >= 0.6 is 0 Å². The summed E-state index contributed by atoms with van der Waals surface area (Å²) in [6.07, 6.45) is 2.08. The molecule has 0 aromatic rings. The number of hydrogen-bond acceptors (Lipinski definition) is 2. The minimum atomic E-state index is -0.213. The third-order valence-electron chi connectivity index (χ3n) is 2.03. The fourth-order valence-corrected chi connectivity index (χ4v) is 1.28. The number of ether oxygens (including phenoxy) is 1. The van der Waals surface area contributed by atoms with E-state index in [9.17, 15) is 0 Å². The zero-order chi connectivity index (χ0) is 7.56. The molecule has 1 N–H and O–H groups in total. The number of aliphatic hydroxyl groups is 1. The van der Waals surface area contributed by atoms with Gasteiger partial charge >= 0.3 is 0 Å². The highest BCUT2D eigenvalue weighted by Crippen LogP contribution is 2.19. The van der Waals surface area contributed by atoms with E-state index in [1.54, 1.807) is 0 Å². The number of aliphatic hydroxyl groups excluding tert-OH is 1. The third-order valence-corrected chi connectivity index (χ3v) is 2.03. The molecule has 0 aliphatic carbocycles. The zero-order valence-electron chi connectivity index (χ0n) is 6.71. The van der Waals surface area contributed by atoms with E-state index in [0.29, 0.717) is 18.6 Å². The second-order valence-electron chi connectivity index (χ2n) is 3.35. The highest BCUT2D eigenvalue weighted by atomic mass is 16.5. The molecule has 60 valence electrons. The maximum Gasteiger partial charge on any atom is 0.0774 e. The first-order chi connectivity index (χ1) is 4.70. The molecular formula is C8H16O2.